The summed E-state index contributed by atoms with van der Waals surface area (Å²) in [5.74, 6) is 1.20. The molecule has 1 unspecified atom stereocenters. The molecule has 2 aromatic heterocycles. The maximum atomic E-state index is 13.3. The van der Waals surface area contributed by atoms with Gasteiger partial charge in [-0.05, 0) is 36.6 Å². The van der Waals surface area contributed by atoms with Crippen molar-refractivity contribution < 1.29 is 13.9 Å². The van der Waals surface area contributed by atoms with Crippen molar-refractivity contribution in [1.29, 1.82) is 0 Å². The lowest BCUT2D eigenvalue weighted by atomic mass is 9.91. The summed E-state index contributed by atoms with van der Waals surface area (Å²) >= 11 is 0. The third-order valence-corrected chi connectivity index (χ3v) is 5.16. The maximum Gasteiger partial charge on any atom is 0.261 e. The van der Waals surface area contributed by atoms with Crippen LogP contribution in [0.25, 0.3) is 10.9 Å². The molecule has 7 heteroatoms. The minimum Gasteiger partial charge on any atom is -0.467 e. The average Bonchev–Trinajstić information content (AvgIpc) is 3.23. The number of hydrogen-bond donors (Lipinski definition) is 0. The van der Waals surface area contributed by atoms with Crippen LogP contribution in [-0.4, -0.2) is 34.1 Å². The van der Waals surface area contributed by atoms with Crippen molar-refractivity contribution >= 4 is 16.8 Å². The molecule has 2 heterocycles. The number of amides is 1. The zero-order valence-electron chi connectivity index (χ0n) is 18.9. The van der Waals surface area contributed by atoms with Crippen molar-refractivity contribution in [2.24, 2.45) is 5.41 Å². The quantitative estimate of drug-likeness (QED) is 0.541. The van der Waals surface area contributed by atoms with Gasteiger partial charge in [-0.2, -0.15) is 0 Å². The predicted molar refractivity (Wildman–Crippen MR) is 120 cm³/mol. The summed E-state index contributed by atoms with van der Waals surface area (Å²) in [6.45, 7) is 9.03. The first-order chi connectivity index (χ1) is 14.7. The number of aromatic nitrogens is 2. The molecule has 0 aliphatic rings. The highest BCUT2D eigenvalue weighted by Gasteiger charge is 2.29. The molecule has 0 aliphatic carbocycles. The van der Waals surface area contributed by atoms with E-state index in [9.17, 15) is 9.59 Å². The smallest absolute Gasteiger partial charge is 0.261 e. The molecule has 1 amide bonds. The van der Waals surface area contributed by atoms with Gasteiger partial charge in [-0.15, -0.1) is 0 Å². The number of carbonyl (C=O) groups is 1. The number of hydrogen-bond acceptors (Lipinski definition) is 5. The lowest BCUT2D eigenvalue weighted by Gasteiger charge is -2.32. The number of furan rings is 1. The van der Waals surface area contributed by atoms with Crippen LogP contribution < -0.4 is 5.56 Å². The molecule has 0 fully saturated rings. The zero-order chi connectivity index (χ0) is 22.6. The number of methoxy groups -OCH3 is 1. The van der Waals surface area contributed by atoms with Gasteiger partial charge in [0.05, 0.1) is 42.9 Å². The van der Waals surface area contributed by atoms with Crippen LogP contribution in [0, 0.1) is 5.41 Å². The fraction of sp³-hybridized carbons (Fsp3) is 0.458. The van der Waals surface area contributed by atoms with Crippen LogP contribution in [-0.2, 0) is 22.6 Å². The molecule has 0 N–H and O–H groups in total. The van der Waals surface area contributed by atoms with Gasteiger partial charge in [0.25, 0.3) is 5.56 Å². The Morgan fingerprint density at radius 1 is 1.23 bits per heavy atom. The van der Waals surface area contributed by atoms with Gasteiger partial charge < -0.3 is 14.1 Å². The average molecular weight is 426 g/mol. The van der Waals surface area contributed by atoms with Crippen molar-refractivity contribution in [3.8, 4) is 0 Å². The molecule has 0 radical (unpaired) electrons. The zero-order valence-corrected chi connectivity index (χ0v) is 18.9. The highest BCUT2D eigenvalue weighted by molar-refractivity contribution is 5.78. The Labute approximate surface area is 182 Å². The van der Waals surface area contributed by atoms with E-state index in [0.717, 1.165) is 0 Å². The van der Waals surface area contributed by atoms with Gasteiger partial charge in [0, 0.05) is 13.5 Å². The van der Waals surface area contributed by atoms with Crippen molar-refractivity contribution in [2.45, 2.75) is 53.2 Å². The van der Waals surface area contributed by atoms with Crippen LogP contribution in [0.5, 0.6) is 0 Å². The van der Waals surface area contributed by atoms with Crippen molar-refractivity contribution in [1.82, 2.24) is 14.5 Å². The highest BCUT2D eigenvalue weighted by atomic mass is 16.5. The number of fused-ring (bicyclic) bond motifs is 1. The van der Waals surface area contributed by atoms with Crippen LogP contribution in [0.15, 0.2) is 51.9 Å². The van der Waals surface area contributed by atoms with Gasteiger partial charge in [-0.1, -0.05) is 32.9 Å². The second-order valence-corrected chi connectivity index (χ2v) is 8.95. The Hall–Kier alpha value is -2.93. The van der Waals surface area contributed by atoms with E-state index in [4.69, 9.17) is 14.1 Å². The van der Waals surface area contributed by atoms with E-state index < -0.39 is 6.04 Å². The SMILES string of the molecule is COCCn1c(C(C)N(Cc2ccco2)C(=O)CC(C)(C)C)nc2ccccc2c1=O. The lowest BCUT2D eigenvalue weighted by molar-refractivity contribution is -0.136. The van der Waals surface area contributed by atoms with Crippen LogP contribution in [0.3, 0.4) is 0 Å². The van der Waals surface area contributed by atoms with Crippen molar-refractivity contribution in [3.05, 3.63) is 64.6 Å². The standard InChI is InChI=1S/C24H31N3O4/c1-17(27(16-18-9-8-13-31-18)21(28)15-24(2,3)4)22-25-20-11-7-6-10-19(20)23(29)26(22)12-14-30-5/h6-11,13,17H,12,14-16H2,1-5H3. The van der Waals surface area contributed by atoms with Crippen LogP contribution in [0.1, 0.15) is 51.7 Å². The van der Waals surface area contributed by atoms with E-state index in [0.29, 0.717) is 48.6 Å². The minimum absolute atomic E-state index is 0.0166. The van der Waals surface area contributed by atoms with E-state index in [1.54, 1.807) is 35.0 Å². The molecule has 0 saturated heterocycles. The molecular formula is C24H31N3O4. The normalized spacial score (nSPS) is 12.8. The molecule has 3 aromatic rings. The lowest BCUT2D eigenvalue weighted by Crippen LogP contribution is -2.39. The monoisotopic (exact) mass is 425 g/mol. The van der Waals surface area contributed by atoms with Crippen molar-refractivity contribution in [2.75, 3.05) is 13.7 Å². The first-order valence-electron chi connectivity index (χ1n) is 10.5. The summed E-state index contributed by atoms with van der Waals surface area (Å²) in [6.07, 6.45) is 1.96. The second kappa shape index (κ2) is 9.47. The highest BCUT2D eigenvalue weighted by Crippen LogP contribution is 2.27. The van der Waals surface area contributed by atoms with Gasteiger partial charge in [-0.25, -0.2) is 4.98 Å². The Kier molecular flexibility index (Phi) is 6.95. The molecule has 0 aliphatic heterocycles. The van der Waals surface area contributed by atoms with Crippen molar-refractivity contribution in [3.63, 3.8) is 0 Å². The number of para-hydroxylation sites is 1. The fourth-order valence-corrected chi connectivity index (χ4v) is 3.61. The number of rotatable bonds is 8. The number of ether oxygens (including phenoxy) is 1. The minimum atomic E-state index is -0.436. The third kappa shape index (κ3) is 5.41. The first-order valence-corrected chi connectivity index (χ1v) is 10.5. The van der Waals surface area contributed by atoms with E-state index in [-0.39, 0.29) is 16.9 Å². The Morgan fingerprint density at radius 2 is 1.97 bits per heavy atom. The number of benzene rings is 1. The molecule has 1 atom stereocenters. The van der Waals surface area contributed by atoms with Gasteiger partial charge in [0.2, 0.25) is 5.91 Å². The Morgan fingerprint density at radius 3 is 2.61 bits per heavy atom. The van der Waals surface area contributed by atoms with Gasteiger partial charge in [-0.3, -0.25) is 14.2 Å². The molecule has 7 nitrogen and oxygen atoms in total. The van der Waals surface area contributed by atoms with E-state index in [1.165, 1.54) is 0 Å². The van der Waals surface area contributed by atoms with E-state index in [1.807, 2.05) is 52.0 Å². The van der Waals surface area contributed by atoms with Gasteiger partial charge >= 0.3 is 0 Å². The van der Waals surface area contributed by atoms with E-state index >= 15 is 0 Å². The molecule has 0 saturated carbocycles. The van der Waals surface area contributed by atoms with Gasteiger partial charge in [0.1, 0.15) is 11.6 Å². The molecule has 166 valence electrons. The summed E-state index contributed by atoms with van der Waals surface area (Å²) in [4.78, 5) is 33.1. The number of nitrogens with zero attached hydrogens (tertiary/aromatic N) is 3. The summed E-state index contributed by atoms with van der Waals surface area (Å²) < 4.78 is 12.4. The summed E-state index contributed by atoms with van der Waals surface area (Å²) in [5.41, 5.74) is 0.306. The molecule has 1 aromatic carbocycles. The maximum absolute atomic E-state index is 13.3. The molecular weight excluding hydrogens is 394 g/mol. The molecule has 0 spiro atoms. The van der Waals surface area contributed by atoms with Crippen LogP contribution in [0.4, 0.5) is 0 Å². The summed E-state index contributed by atoms with van der Waals surface area (Å²) in [6, 6.07) is 10.5. The molecule has 31 heavy (non-hydrogen) atoms. The first kappa shape index (κ1) is 22.7. The molecule has 3 rings (SSSR count). The molecule has 0 bridgehead atoms. The largest absolute Gasteiger partial charge is 0.467 e. The van der Waals surface area contributed by atoms with Crippen LogP contribution in [0.2, 0.25) is 0 Å². The Bertz CT molecular complexity index is 1080. The third-order valence-electron chi connectivity index (χ3n) is 5.16. The van der Waals surface area contributed by atoms with Crippen LogP contribution >= 0.6 is 0 Å². The fourth-order valence-electron chi connectivity index (χ4n) is 3.61. The van der Waals surface area contributed by atoms with Gasteiger partial charge in [0.15, 0.2) is 0 Å². The summed E-state index contributed by atoms with van der Waals surface area (Å²) in [5, 5.41) is 0.549. The summed E-state index contributed by atoms with van der Waals surface area (Å²) in [7, 11) is 1.60. The topological polar surface area (TPSA) is 77.6 Å². The second-order valence-electron chi connectivity index (χ2n) is 8.95. The van der Waals surface area contributed by atoms with E-state index in [2.05, 4.69) is 0 Å². The predicted octanol–water partition coefficient (Wildman–Crippen LogP) is 4.16. The Balaban J connectivity index is 2.09. The number of carbonyl (C=O) groups excluding carboxylic acids is 1.